The quantitative estimate of drug-likeness (QED) is 0.714. The topological polar surface area (TPSA) is 84.5 Å². The van der Waals surface area contributed by atoms with Gasteiger partial charge in [-0.25, -0.2) is 0 Å². The van der Waals surface area contributed by atoms with E-state index in [0.29, 0.717) is 26.1 Å². The van der Waals surface area contributed by atoms with E-state index >= 15 is 0 Å². The summed E-state index contributed by atoms with van der Waals surface area (Å²) in [5.74, 6) is -0.750. The molecule has 2 unspecified atom stereocenters. The highest BCUT2D eigenvalue weighted by Gasteiger charge is 2.43. The Balaban J connectivity index is 1.98. The van der Waals surface area contributed by atoms with Crippen molar-refractivity contribution in [1.29, 1.82) is 10.5 Å². The molecule has 2 fully saturated rings. The Hall–Kier alpha value is -1.18. The second-order valence-electron chi connectivity index (χ2n) is 3.97. The van der Waals surface area contributed by atoms with Gasteiger partial charge in [-0.2, -0.15) is 10.5 Å². The Labute approximate surface area is 99.6 Å². The number of ether oxygens (including phenoxy) is 4. The van der Waals surface area contributed by atoms with Crippen molar-refractivity contribution in [2.24, 2.45) is 0 Å². The number of hydrogen-bond donors (Lipinski definition) is 0. The summed E-state index contributed by atoms with van der Waals surface area (Å²) in [6.45, 7) is 0.983. The van der Waals surface area contributed by atoms with Gasteiger partial charge in [0.2, 0.25) is 0 Å². The van der Waals surface area contributed by atoms with Crippen molar-refractivity contribution in [3.05, 3.63) is 0 Å². The first kappa shape index (κ1) is 12.3. The maximum atomic E-state index is 8.62. The number of nitrogens with zero attached hydrogens (tertiary/aromatic N) is 2. The van der Waals surface area contributed by atoms with E-state index in [4.69, 9.17) is 29.5 Å². The Morgan fingerprint density at radius 2 is 1.41 bits per heavy atom. The maximum absolute atomic E-state index is 8.62. The second kappa shape index (κ2) is 5.44. The van der Waals surface area contributed by atoms with E-state index in [1.807, 2.05) is 12.1 Å². The first-order valence-corrected chi connectivity index (χ1v) is 5.61. The van der Waals surface area contributed by atoms with Gasteiger partial charge in [0.1, 0.15) is 0 Å². The van der Waals surface area contributed by atoms with Crippen molar-refractivity contribution < 1.29 is 18.9 Å². The molecule has 0 amide bonds. The summed E-state index contributed by atoms with van der Waals surface area (Å²) in [6.07, 6.45) is 0.452. The maximum Gasteiger partial charge on any atom is 0.179 e. The molecule has 1 spiro atoms. The average Bonchev–Trinajstić information content (AvgIpc) is 2.30. The van der Waals surface area contributed by atoms with Crippen LogP contribution in [0.5, 0.6) is 0 Å². The molecule has 0 aliphatic carbocycles. The second-order valence-corrected chi connectivity index (χ2v) is 3.97. The molecule has 6 nitrogen and oxygen atoms in total. The molecule has 0 bridgehead atoms. The van der Waals surface area contributed by atoms with Crippen LogP contribution in [0.25, 0.3) is 0 Å². The van der Waals surface area contributed by atoms with Gasteiger partial charge in [0.25, 0.3) is 0 Å². The van der Waals surface area contributed by atoms with Crippen LogP contribution in [0, 0.1) is 22.7 Å². The van der Waals surface area contributed by atoms with Gasteiger partial charge in [0.15, 0.2) is 18.4 Å². The minimum atomic E-state index is -0.750. The van der Waals surface area contributed by atoms with Crippen LogP contribution in [0.3, 0.4) is 0 Å². The smallest absolute Gasteiger partial charge is 0.179 e. The first-order chi connectivity index (χ1) is 8.28. The lowest BCUT2D eigenvalue weighted by atomic mass is 10.1. The van der Waals surface area contributed by atoms with E-state index < -0.39 is 18.4 Å². The standard InChI is InChI=1S/C11H14N2O4/c12-5-1-9-14-7-3-11(16-9)4-8-15-10(17-11)2-6-13/h9-10H,1-4,7-8H2. The van der Waals surface area contributed by atoms with Gasteiger partial charge in [-0.3, -0.25) is 0 Å². The number of hydrogen-bond acceptors (Lipinski definition) is 6. The summed E-state index contributed by atoms with van der Waals surface area (Å²) in [6, 6.07) is 4.01. The first-order valence-electron chi connectivity index (χ1n) is 5.61. The molecule has 2 atom stereocenters. The van der Waals surface area contributed by atoms with Crippen LogP contribution in [0.2, 0.25) is 0 Å². The summed E-state index contributed by atoms with van der Waals surface area (Å²) in [7, 11) is 0. The van der Waals surface area contributed by atoms with Gasteiger partial charge in [-0.05, 0) is 0 Å². The van der Waals surface area contributed by atoms with E-state index in [-0.39, 0.29) is 12.8 Å². The molecular weight excluding hydrogens is 224 g/mol. The lowest BCUT2D eigenvalue weighted by Crippen LogP contribution is -2.51. The highest BCUT2D eigenvalue weighted by atomic mass is 16.8. The molecule has 2 aliphatic heterocycles. The molecule has 6 heteroatoms. The molecule has 0 aromatic rings. The van der Waals surface area contributed by atoms with Crippen molar-refractivity contribution >= 4 is 0 Å². The molecular formula is C11H14N2O4. The summed E-state index contributed by atoms with van der Waals surface area (Å²) < 4.78 is 22.0. The molecule has 17 heavy (non-hydrogen) atoms. The molecule has 0 saturated carbocycles. The normalized spacial score (nSPS) is 37.3. The van der Waals surface area contributed by atoms with Gasteiger partial charge in [-0.15, -0.1) is 0 Å². The van der Waals surface area contributed by atoms with Gasteiger partial charge in [0.05, 0.1) is 38.2 Å². The van der Waals surface area contributed by atoms with Crippen molar-refractivity contribution in [2.75, 3.05) is 13.2 Å². The Bertz CT molecular complexity index is 312. The molecule has 0 N–H and O–H groups in total. The Kier molecular flexibility index (Phi) is 3.93. The van der Waals surface area contributed by atoms with Crippen LogP contribution in [0.4, 0.5) is 0 Å². The fraction of sp³-hybridized carbons (Fsp3) is 0.818. The van der Waals surface area contributed by atoms with Gasteiger partial charge >= 0.3 is 0 Å². The van der Waals surface area contributed by atoms with Gasteiger partial charge in [-0.1, -0.05) is 0 Å². The minimum Gasteiger partial charge on any atom is -0.351 e. The summed E-state index contributed by atoms with van der Waals surface area (Å²) in [5.41, 5.74) is 0. The van der Waals surface area contributed by atoms with Crippen molar-refractivity contribution in [2.45, 2.75) is 44.1 Å². The minimum absolute atomic E-state index is 0.175. The molecule has 0 aromatic heterocycles. The van der Waals surface area contributed by atoms with Crippen LogP contribution < -0.4 is 0 Å². The Morgan fingerprint density at radius 3 is 1.82 bits per heavy atom. The third kappa shape index (κ3) is 2.93. The monoisotopic (exact) mass is 238 g/mol. The van der Waals surface area contributed by atoms with E-state index in [9.17, 15) is 0 Å². The van der Waals surface area contributed by atoms with Crippen LogP contribution in [-0.2, 0) is 18.9 Å². The molecule has 2 heterocycles. The van der Waals surface area contributed by atoms with Crippen molar-refractivity contribution in [1.82, 2.24) is 0 Å². The van der Waals surface area contributed by atoms with E-state index in [2.05, 4.69) is 0 Å². The zero-order valence-electron chi connectivity index (χ0n) is 9.42. The third-order valence-electron chi connectivity index (χ3n) is 2.78. The largest absolute Gasteiger partial charge is 0.351 e. The average molecular weight is 238 g/mol. The Morgan fingerprint density at radius 1 is 0.941 bits per heavy atom. The summed E-state index contributed by atoms with van der Waals surface area (Å²) in [4.78, 5) is 0. The highest BCUT2D eigenvalue weighted by Crippen LogP contribution is 2.34. The van der Waals surface area contributed by atoms with Crippen LogP contribution in [-0.4, -0.2) is 31.6 Å². The van der Waals surface area contributed by atoms with Crippen molar-refractivity contribution in [3.8, 4) is 12.1 Å². The SMILES string of the molecule is N#CCC1OCCC2(CCOC(CC#N)O2)O1. The van der Waals surface area contributed by atoms with Crippen LogP contribution >= 0.6 is 0 Å². The number of rotatable bonds is 2. The lowest BCUT2D eigenvalue weighted by molar-refractivity contribution is -0.405. The van der Waals surface area contributed by atoms with Gasteiger partial charge in [0, 0.05) is 12.8 Å². The highest BCUT2D eigenvalue weighted by molar-refractivity contribution is 4.83. The predicted octanol–water partition coefficient (Wildman–Crippen LogP) is 1.04. The van der Waals surface area contributed by atoms with E-state index in [1.54, 1.807) is 0 Å². The molecule has 0 aromatic carbocycles. The van der Waals surface area contributed by atoms with E-state index in [1.165, 1.54) is 0 Å². The molecule has 0 radical (unpaired) electrons. The van der Waals surface area contributed by atoms with Gasteiger partial charge < -0.3 is 18.9 Å². The fourth-order valence-corrected chi connectivity index (χ4v) is 1.98. The zero-order chi connectivity index (χ0) is 12.1. The van der Waals surface area contributed by atoms with Crippen LogP contribution in [0.1, 0.15) is 25.7 Å². The molecule has 2 rings (SSSR count). The lowest BCUT2D eigenvalue weighted by Gasteiger charge is -2.44. The summed E-state index contributed by atoms with van der Waals surface area (Å²) >= 11 is 0. The van der Waals surface area contributed by atoms with Crippen molar-refractivity contribution in [3.63, 3.8) is 0 Å². The van der Waals surface area contributed by atoms with Crippen LogP contribution in [0.15, 0.2) is 0 Å². The molecule has 2 aliphatic rings. The fourth-order valence-electron chi connectivity index (χ4n) is 1.98. The van der Waals surface area contributed by atoms with E-state index in [0.717, 1.165) is 0 Å². The third-order valence-corrected chi connectivity index (χ3v) is 2.78. The zero-order valence-corrected chi connectivity index (χ0v) is 9.42. The summed E-state index contributed by atoms with van der Waals surface area (Å²) in [5, 5.41) is 17.2. The molecule has 2 saturated heterocycles. The predicted molar refractivity (Wildman–Crippen MR) is 54.1 cm³/mol. The molecule has 92 valence electrons. The number of nitriles is 2.